The van der Waals surface area contributed by atoms with Crippen molar-refractivity contribution in [2.24, 2.45) is 0 Å². The Kier molecular flexibility index (Phi) is 4.64. The van der Waals surface area contributed by atoms with Crippen LogP contribution in [-0.4, -0.2) is 43.8 Å². The fourth-order valence-corrected chi connectivity index (χ4v) is 3.76. The van der Waals surface area contributed by atoms with E-state index in [9.17, 15) is 4.79 Å². The highest BCUT2D eigenvalue weighted by molar-refractivity contribution is 7.99. The van der Waals surface area contributed by atoms with Gasteiger partial charge in [-0.15, -0.1) is 5.10 Å². The summed E-state index contributed by atoms with van der Waals surface area (Å²) in [5, 5.41) is 13.3. The molecule has 0 aliphatic heterocycles. The Morgan fingerprint density at radius 1 is 1.19 bits per heavy atom. The van der Waals surface area contributed by atoms with Gasteiger partial charge in [0.1, 0.15) is 5.75 Å². The van der Waals surface area contributed by atoms with Crippen LogP contribution in [0.1, 0.15) is 16.1 Å². The van der Waals surface area contributed by atoms with E-state index in [1.165, 1.54) is 11.8 Å². The molecule has 2 heterocycles. The Bertz CT molecular complexity index is 1100. The lowest BCUT2D eigenvalue weighted by atomic mass is 10.1. The molecule has 0 saturated carbocycles. The van der Waals surface area contributed by atoms with Crippen molar-refractivity contribution >= 4 is 28.4 Å². The molecule has 2 aromatic heterocycles. The van der Waals surface area contributed by atoms with E-state index >= 15 is 0 Å². The van der Waals surface area contributed by atoms with E-state index in [0.717, 1.165) is 33.6 Å². The monoisotopic (exact) mass is 379 g/mol. The van der Waals surface area contributed by atoms with E-state index in [4.69, 9.17) is 4.74 Å². The number of hydrogen-bond donors (Lipinski definition) is 1. The van der Waals surface area contributed by atoms with Crippen LogP contribution in [-0.2, 0) is 0 Å². The first kappa shape index (κ1) is 17.3. The van der Waals surface area contributed by atoms with Crippen LogP contribution >= 0.6 is 11.8 Å². The Morgan fingerprint density at radius 3 is 2.74 bits per heavy atom. The summed E-state index contributed by atoms with van der Waals surface area (Å²) in [7, 11) is 1.62. The van der Waals surface area contributed by atoms with Gasteiger partial charge in [-0.05, 0) is 47.7 Å². The van der Waals surface area contributed by atoms with Crippen molar-refractivity contribution in [1.82, 2.24) is 25.2 Å². The highest BCUT2D eigenvalue weighted by Crippen LogP contribution is 2.26. The highest BCUT2D eigenvalue weighted by atomic mass is 32.2. The number of tetrazole rings is 1. The van der Waals surface area contributed by atoms with Gasteiger partial charge in [0.25, 0.3) is 0 Å². The molecular formula is C19H17N5O2S. The molecule has 7 nitrogen and oxygen atoms in total. The molecule has 0 aliphatic rings. The number of H-pyrrole nitrogens is 1. The minimum atomic E-state index is 0.0410. The third-order valence-corrected chi connectivity index (χ3v) is 5.18. The largest absolute Gasteiger partial charge is 0.497 e. The van der Waals surface area contributed by atoms with Crippen molar-refractivity contribution in [3.8, 4) is 11.4 Å². The minimum Gasteiger partial charge on any atom is -0.497 e. The van der Waals surface area contributed by atoms with Crippen LogP contribution in [0.5, 0.6) is 5.75 Å². The number of nitrogens with one attached hydrogen (secondary N) is 1. The molecule has 136 valence electrons. The molecule has 0 amide bonds. The van der Waals surface area contributed by atoms with Gasteiger partial charge in [0.15, 0.2) is 5.78 Å². The van der Waals surface area contributed by atoms with Crippen molar-refractivity contribution in [3.63, 3.8) is 0 Å². The molecule has 4 aromatic rings. The lowest BCUT2D eigenvalue weighted by molar-refractivity contribution is 0.102. The fourth-order valence-electron chi connectivity index (χ4n) is 2.99. The number of hydrogen-bond acceptors (Lipinski definition) is 6. The zero-order valence-corrected chi connectivity index (χ0v) is 15.7. The van der Waals surface area contributed by atoms with E-state index < -0.39 is 0 Å². The number of carbonyl (C=O) groups is 1. The number of methoxy groups -OCH3 is 1. The summed E-state index contributed by atoms with van der Waals surface area (Å²) < 4.78 is 6.78. The lowest BCUT2D eigenvalue weighted by Gasteiger charge is -2.05. The van der Waals surface area contributed by atoms with Crippen molar-refractivity contribution in [2.45, 2.75) is 12.1 Å². The topological polar surface area (TPSA) is 85.7 Å². The number of aryl methyl sites for hydroxylation is 1. The molecule has 27 heavy (non-hydrogen) atoms. The number of aromatic nitrogens is 5. The van der Waals surface area contributed by atoms with Gasteiger partial charge in [0.05, 0.1) is 18.6 Å². The zero-order valence-electron chi connectivity index (χ0n) is 14.8. The van der Waals surface area contributed by atoms with Gasteiger partial charge in [0, 0.05) is 22.2 Å². The summed E-state index contributed by atoms with van der Waals surface area (Å²) in [4.78, 5) is 16.1. The number of fused-ring (bicyclic) bond motifs is 1. The number of benzene rings is 2. The number of carbonyl (C=O) groups excluding carboxylic acids is 1. The van der Waals surface area contributed by atoms with Gasteiger partial charge in [-0.2, -0.15) is 4.68 Å². The van der Waals surface area contributed by atoms with Gasteiger partial charge in [-0.25, -0.2) is 0 Å². The van der Waals surface area contributed by atoms with Crippen molar-refractivity contribution in [1.29, 1.82) is 0 Å². The predicted molar refractivity (Wildman–Crippen MR) is 104 cm³/mol. The second kappa shape index (κ2) is 7.24. The second-order valence-electron chi connectivity index (χ2n) is 5.95. The number of Topliss-reactive ketones (excluding diaryl/α,β-unsaturated/α-hetero) is 1. The fraction of sp³-hybridized carbons (Fsp3) is 0.158. The molecule has 0 radical (unpaired) electrons. The standard InChI is InChI=1S/C19H17N5O2S/c1-12-18(15-5-3-4-6-16(15)20-12)17(25)11-27-19-21-22-23-24(19)13-7-9-14(26-2)10-8-13/h3-10,20H,11H2,1-2H3. The summed E-state index contributed by atoms with van der Waals surface area (Å²) >= 11 is 1.31. The Hall–Kier alpha value is -3.13. The van der Waals surface area contributed by atoms with Crippen molar-refractivity contribution in [2.75, 3.05) is 12.9 Å². The Morgan fingerprint density at radius 2 is 1.96 bits per heavy atom. The molecule has 0 spiro atoms. The van der Waals surface area contributed by atoms with E-state index in [1.807, 2.05) is 55.5 Å². The summed E-state index contributed by atoms with van der Waals surface area (Å²) in [6.07, 6.45) is 0. The number of aromatic amines is 1. The number of thioether (sulfide) groups is 1. The molecule has 0 unspecified atom stereocenters. The summed E-state index contributed by atoms with van der Waals surface area (Å²) in [5.41, 5.74) is 3.36. The molecule has 2 aromatic carbocycles. The van der Waals surface area contributed by atoms with Crippen LogP contribution < -0.4 is 4.74 Å². The second-order valence-corrected chi connectivity index (χ2v) is 6.90. The third-order valence-electron chi connectivity index (χ3n) is 4.26. The number of ketones is 1. The van der Waals surface area contributed by atoms with Crippen LogP contribution in [0.25, 0.3) is 16.6 Å². The molecule has 4 rings (SSSR count). The third kappa shape index (κ3) is 3.31. The number of rotatable bonds is 6. The smallest absolute Gasteiger partial charge is 0.214 e. The summed E-state index contributed by atoms with van der Waals surface area (Å²) in [6.45, 7) is 1.92. The molecule has 0 atom stereocenters. The Labute approximate surface area is 159 Å². The quantitative estimate of drug-likeness (QED) is 0.408. The zero-order chi connectivity index (χ0) is 18.8. The maximum atomic E-state index is 12.8. The molecule has 0 aliphatic carbocycles. The van der Waals surface area contributed by atoms with Crippen molar-refractivity contribution in [3.05, 3.63) is 59.8 Å². The van der Waals surface area contributed by atoms with Crippen LogP contribution in [0, 0.1) is 6.92 Å². The summed E-state index contributed by atoms with van der Waals surface area (Å²) in [5.74, 6) is 1.05. The van der Waals surface area contributed by atoms with E-state index in [2.05, 4.69) is 20.5 Å². The number of nitrogens with zero attached hydrogens (tertiary/aromatic N) is 4. The average molecular weight is 379 g/mol. The van der Waals surface area contributed by atoms with E-state index in [1.54, 1.807) is 11.8 Å². The van der Waals surface area contributed by atoms with Crippen LogP contribution in [0.3, 0.4) is 0 Å². The average Bonchev–Trinajstić information content (AvgIpc) is 3.29. The minimum absolute atomic E-state index is 0.0410. The van der Waals surface area contributed by atoms with E-state index in [-0.39, 0.29) is 11.5 Å². The molecular weight excluding hydrogens is 362 g/mol. The van der Waals surface area contributed by atoms with Gasteiger partial charge in [-0.1, -0.05) is 30.0 Å². The first-order chi connectivity index (χ1) is 13.2. The van der Waals surface area contributed by atoms with Crippen LogP contribution in [0.4, 0.5) is 0 Å². The maximum absolute atomic E-state index is 12.8. The van der Waals surface area contributed by atoms with Gasteiger partial charge in [-0.3, -0.25) is 4.79 Å². The van der Waals surface area contributed by atoms with Crippen LogP contribution in [0.15, 0.2) is 53.7 Å². The first-order valence-corrected chi connectivity index (χ1v) is 9.32. The molecule has 0 saturated heterocycles. The van der Waals surface area contributed by atoms with Crippen LogP contribution in [0.2, 0.25) is 0 Å². The lowest BCUT2D eigenvalue weighted by Crippen LogP contribution is -2.06. The Balaban J connectivity index is 1.55. The van der Waals surface area contributed by atoms with Crippen molar-refractivity contribution < 1.29 is 9.53 Å². The number of para-hydroxylation sites is 1. The van der Waals surface area contributed by atoms with Gasteiger partial charge >= 0.3 is 0 Å². The molecule has 1 N–H and O–H groups in total. The maximum Gasteiger partial charge on any atom is 0.214 e. The normalized spacial score (nSPS) is 11.0. The molecule has 0 fully saturated rings. The van der Waals surface area contributed by atoms with Gasteiger partial charge < -0.3 is 9.72 Å². The van der Waals surface area contributed by atoms with Gasteiger partial charge in [0.2, 0.25) is 5.16 Å². The number of ether oxygens (including phenoxy) is 1. The predicted octanol–water partition coefficient (Wildman–Crippen LogP) is 3.44. The van der Waals surface area contributed by atoms with E-state index in [0.29, 0.717) is 5.16 Å². The molecule has 0 bridgehead atoms. The molecule has 8 heteroatoms. The highest BCUT2D eigenvalue weighted by Gasteiger charge is 2.18. The SMILES string of the molecule is COc1ccc(-n2nnnc2SCC(=O)c2c(C)[nH]c3ccccc23)cc1. The summed E-state index contributed by atoms with van der Waals surface area (Å²) in [6, 6.07) is 15.2. The first-order valence-electron chi connectivity index (χ1n) is 8.33.